The predicted octanol–water partition coefficient (Wildman–Crippen LogP) is 4.62. The van der Waals surface area contributed by atoms with Crippen molar-refractivity contribution >= 4 is 17.3 Å². The number of rotatable bonds is 6. The van der Waals surface area contributed by atoms with Gasteiger partial charge in [0.25, 0.3) is 0 Å². The number of nitrogens with zero attached hydrogens (tertiary/aromatic N) is 2. The van der Waals surface area contributed by atoms with Crippen LogP contribution in [0.25, 0.3) is 0 Å². The first kappa shape index (κ1) is 14.9. The molecular weight excluding hydrogens is 244 g/mol. The summed E-state index contributed by atoms with van der Waals surface area (Å²) in [4.78, 5) is 2.30. The van der Waals surface area contributed by atoms with Crippen molar-refractivity contribution < 1.29 is 0 Å². The molecule has 0 bridgehead atoms. The summed E-state index contributed by atoms with van der Waals surface area (Å²) in [5.41, 5.74) is 1.67. The largest absolute Gasteiger partial charge is 0.368 e. The van der Waals surface area contributed by atoms with Crippen molar-refractivity contribution in [2.24, 2.45) is 0 Å². The molecule has 0 aliphatic carbocycles. The maximum atomic E-state index is 9.22. The summed E-state index contributed by atoms with van der Waals surface area (Å²) < 4.78 is 0. The molecule has 1 aromatic carbocycles. The molecule has 0 fully saturated rings. The fraction of sp³-hybridized carbons (Fsp3) is 0.533. The van der Waals surface area contributed by atoms with Crippen molar-refractivity contribution in [2.45, 2.75) is 46.1 Å². The fourth-order valence-corrected chi connectivity index (χ4v) is 2.13. The molecule has 0 radical (unpaired) electrons. The molecule has 0 N–H and O–H groups in total. The van der Waals surface area contributed by atoms with E-state index in [1.807, 2.05) is 6.07 Å². The number of unbranched alkanes of at least 4 members (excludes halogenated alkanes) is 1. The first-order valence-electron chi connectivity index (χ1n) is 6.60. The Morgan fingerprint density at radius 3 is 2.67 bits per heavy atom. The molecule has 0 aromatic heterocycles. The van der Waals surface area contributed by atoms with Crippen molar-refractivity contribution in [1.29, 1.82) is 5.26 Å². The molecule has 0 aliphatic rings. The normalized spacial score (nSPS) is 11.9. The van der Waals surface area contributed by atoms with Crippen LogP contribution in [0.1, 0.15) is 45.6 Å². The third kappa shape index (κ3) is 3.65. The molecule has 18 heavy (non-hydrogen) atoms. The average Bonchev–Trinajstić information content (AvgIpc) is 2.39. The number of nitriles is 1. The van der Waals surface area contributed by atoms with Gasteiger partial charge < -0.3 is 4.90 Å². The Labute approximate surface area is 115 Å². The SMILES string of the molecule is CCCCN(c1cc(Cl)ccc1C#N)C(C)CC. The van der Waals surface area contributed by atoms with Crippen molar-refractivity contribution in [1.82, 2.24) is 0 Å². The lowest BCUT2D eigenvalue weighted by molar-refractivity contribution is 0.595. The topological polar surface area (TPSA) is 27.0 Å². The van der Waals surface area contributed by atoms with Crippen LogP contribution in [0.15, 0.2) is 18.2 Å². The van der Waals surface area contributed by atoms with Crippen LogP contribution in [0.2, 0.25) is 5.02 Å². The first-order valence-corrected chi connectivity index (χ1v) is 6.98. The van der Waals surface area contributed by atoms with Gasteiger partial charge >= 0.3 is 0 Å². The first-order chi connectivity index (χ1) is 8.63. The predicted molar refractivity (Wildman–Crippen MR) is 78.2 cm³/mol. The van der Waals surface area contributed by atoms with Crippen LogP contribution in [-0.2, 0) is 0 Å². The highest BCUT2D eigenvalue weighted by atomic mass is 35.5. The van der Waals surface area contributed by atoms with Gasteiger partial charge in [-0.25, -0.2) is 0 Å². The molecule has 1 rings (SSSR count). The number of anilines is 1. The highest BCUT2D eigenvalue weighted by Crippen LogP contribution is 2.27. The van der Waals surface area contributed by atoms with Gasteiger partial charge in [0.05, 0.1) is 11.3 Å². The van der Waals surface area contributed by atoms with E-state index in [0.29, 0.717) is 16.6 Å². The lowest BCUT2D eigenvalue weighted by atomic mass is 10.1. The molecule has 3 heteroatoms. The van der Waals surface area contributed by atoms with Crippen molar-refractivity contribution in [3.8, 4) is 6.07 Å². The van der Waals surface area contributed by atoms with E-state index < -0.39 is 0 Å². The van der Waals surface area contributed by atoms with Crippen LogP contribution in [0.4, 0.5) is 5.69 Å². The van der Waals surface area contributed by atoms with E-state index in [1.54, 1.807) is 12.1 Å². The van der Waals surface area contributed by atoms with Crippen molar-refractivity contribution in [3.05, 3.63) is 28.8 Å². The van der Waals surface area contributed by atoms with E-state index in [2.05, 4.69) is 31.7 Å². The molecule has 1 aromatic rings. The van der Waals surface area contributed by atoms with Crippen LogP contribution in [0.5, 0.6) is 0 Å². The Bertz CT molecular complexity index is 423. The minimum absolute atomic E-state index is 0.419. The summed E-state index contributed by atoms with van der Waals surface area (Å²) in [6, 6.07) is 8.16. The second-order valence-electron chi connectivity index (χ2n) is 4.58. The lowest BCUT2D eigenvalue weighted by Crippen LogP contribution is -2.34. The van der Waals surface area contributed by atoms with Gasteiger partial charge in [-0.15, -0.1) is 0 Å². The Morgan fingerprint density at radius 1 is 1.39 bits per heavy atom. The zero-order chi connectivity index (χ0) is 13.5. The fourth-order valence-electron chi connectivity index (χ4n) is 1.96. The van der Waals surface area contributed by atoms with Crippen LogP contribution >= 0.6 is 11.6 Å². The van der Waals surface area contributed by atoms with Gasteiger partial charge in [0.15, 0.2) is 0 Å². The molecule has 0 saturated heterocycles. The Balaban J connectivity index is 3.11. The molecule has 1 unspecified atom stereocenters. The van der Waals surface area contributed by atoms with Crippen molar-refractivity contribution in [3.63, 3.8) is 0 Å². The Kier molecular flexibility index (Phi) is 6.01. The van der Waals surface area contributed by atoms with Crippen LogP contribution in [0.3, 0.4) is 0 Å². The molecule has 98 valence electrons. The Hall–Kier alpha value is -1.20. The van der Waals surface area contributed by atoms with Crippen LogP contribution in [0, 0.1) is 11.3 Å². The minimum atomic E-state index is 0.419. The van der Waals surface area contributed by atoms with Gasteiger partial charge in [0.1, 0.15) is 6.07 Å². The van der Waals surface area contributed by atoms with Gasteiger partial charge in [-0.2, -0.15) is 5.26 Å². The van der Waals surface area contributed by atoms with Gasteiger partial charge in [0, 0.05) is 17.6 Å². The summed E-state index contributed by atoms with van der Waals surface area (Å²) in [5.74, 6) is 0. The van der Waals surface area contributed by atoms with Gasteiger partial charge in [-0.05, 0) is 38.0 Å². The summed E-state index contributed by atoms with van der Waals surface area (Å²) >= 11 is 6.06. The van der Waals surface area contributed by atoms with E-state index in [4.69, 9.17) is 11.6 Å². The summed E-state index contributed by atoms with van der Waals surface area (Å²) in [6.45, 7) is 7.51. The lowest BCUT2D eigenvalue weighted by Gasteiger charge is -2.31. The number of hydrogen-bond acceptors (Lipinski definition) is 2. The number of hydrogen-bond donors (Lipinski definition) is 0. The second-order valence-corrected chi connectivity index (χ2v) is 5.01. The van der Waals surface area contributed by atoms with Crippen LogP contribution in [-0.4, -0.2) is 12.6 Å². The summed E-state index contributed by atoms with van der Waals surface area (Å²) in [6.07, 6.45) is 3.33. The van der Waals surface area contributed by atoms with E-state index in [9.17, 15) is 5.26 Å². The number of benzene rings is 1. The number of halogens is 1. The average molecular weight is 265 g/mol. The zero-order valence-electron chi connectivity index (χ0n) is 11.4. The molecule has 2 nitrogen and oxygen atoms in total. The van der Waals surface area contributed by atoms with Gasteiger partial charge in [0.2, 0.25) is 0 Å². The summed E-state index contributed by atoms with van der Waals surface area (Å²) in [5, 5.41) is 9.91. The highest BCUT2D eigenvalue weighted by molar-refractivity contribution is 6.30. The maximum Gasteiger partial charge on any atom is 0.101 e. The van der Waals surface area contributed by atoms with E-state index in [-0.39, 0.29) is 0 Å². The maximum absolute atomic E-state index is 9.22. The second kappa shape index (κ2) is 7.28. The van der Waals surface area contributed by atoms with E-state index in [0.717, 1.165) is 31.5 Å². The van der Waals surface area contributed by atoms with Crippen molar-refractivity contribution in [2.75, 3.05) is 11.4 Å². The standard InChI is InChI=1S/C15H21ClN2/c1-4-6-9-18(12(3)5-2)15-10-14(16)8-7-13(15)11-17/h7-8,10,12H,4-6,9H2,1-3H3. The molecular formula is C15H21ClN2. The van der Waals surface area contributed by atoms with E-state index in [1.165, 1.54) is 0 Å². The Morgan fingerprint density at radius 2 is 2.11 bits per heavy atom. The quantitative estimate of drug-likeness (QED) is 0.750. The third-order valence-corrected chi connectivity index (χ3v) is 3.50. The summed E-state index contributed by atoms with van der Waals surface area (Å²) in [7, 11) is 0. The molecule has 0 heterocycles. The monoisotopic (exact) mass is 264 g/mol. The van der Waals surface area contributed by atoms with Gasteiger partial charge in [-0.1, -0.05) is 31.9 Å². The van der Waals surface area contributed by atoms with Gasteiger partial charge in [-0.3, -0.25) is 0 Å². The minimum Gasteiger partial charge on any atom is -0.368 e. The zero-order valence-corrected chi connectivity index (χ0v) is 12.2. The molecule has 0 spiro atoms. The smallest absolute Gasteiger partial charge is 0.101 e. The molecule has 1 atom stereocenters. The molecule has 0 saturated carbocycles. The molecule has 0 aliphatic heterocycles. The highest BCUT2D eigenvalue weighted by Gasteiger charge is 2.16. The molecule has 0 amide bonds. The third-order valence-electron chi connectivity index (χ3n) is 3.27. The van der Waals surface area contributed by atoms with E-state index >= 15 is 0 Å². The van der Waals surface area contributed by atoms with Crippen LogP contribution < -0.4 is 4.90 Å².